The van der Waals surface area contributed by atoms with Crippen molar-refractivity contribution in [3.05, 3.63) is 47.1 Å². The molecule has 2 aromatic rings. The van der Waals surface area contributed by atoms with Gasteiger partial charge in [-0.05, 0) is 26.2 Å². The normalized spacial score (nSPS) is 10.9. The number of benzene rings is 1. The fourth-order valence-corrected chi connectivity index (χ4v) is 1.47. The van der Waals surface area contributed by atoms with Gasteiger partial charge >= 0.3 is 5.69 Å². The molecule has 0 saturated carbocycles. The highest BCUT2D eigenvalue weighted by atomic mass is 16.2. The third-order valence-corrected chi connectivity index (χ3v) is 2.18. The van der Waals surface area contributed by atoms with Crippen LogP contribution in [0.15, 0.2) is 41.5 Å². The van der Waals surface area contributed by atoms with Gasteiger partial charge in [-0.15, -0.1) is 0 Å². The number of hydrogen-bond acceptors (Lipinski definition) is 3. The van der Waals surface area contributed by atoms with Gasteiger partial charge in [0.1, 0.15) is 6.33 Å². The van der Waals surface area contributed by atoms with E-state index in [9.17, 15) is 4.79 Å². The zero-order valence-electron chi connectivity index (χ0n) is 9.37. The van der Waals surface area contributed by atoms with Crippen molar-refractivity contribution in [1.29, 1.82) is 0 Å². The SMILES string of the molecule is CN(C)Cn1ncn(-c2ccccc2)c1=O. The fourth-order valence-electron chi connectivity index (χ4n) is 1.47. The molecule has 0 aliphatic heterocycles. The predicted octanol–water partition coefficient (Wildman–Crippen LogP) is 0.553. The van der Waals surface area contributed by atoms with Crippen molar-refractivity contribution in [1.82, 2.24) is 19.2 Å². The molecule has 5 nitrogen and oxygen atoms in total. The summed E-state index contributed by atoms with van der Waals surface area (Å²) in [5.41, 5.74) is 0.706. The van der Waals surface area contributed by atoms with Gasteiger partial charge in [0.05, 0.1) is 12.4 Å². The van der Waals surface area contributed by atoms with Crippen LogP contribution in [0.4, 0.5) is 0 Å². The maximum absolute atomic E-state index is 11.9. The van der Waals surface area contributed by atoms with Gasteiger partial charge in [0.2, 0.25) is 0 Å². The zero-order chi connectivity index (χ0) is 11.5. The molecule has 2 rings (SSSR count). The Bertz CT molecular complexity index is 512. The molecule has 0 saturated heterocycles. The summed E-state index contributed by atoms with van der Waals surface area (Å²) in [6.07, 6.45) is 1.54. The Morgan fingerprint density at radius 1 is 1.25 bits per heavy atom. The number of para-hydroxylation sites is 1. The molecule has 0 N–H and O–H groups in total. The third kappa shape index (κ3) is 2.04. The van der Waals surface area contributed by atoms with Gasteiger partial charge in [-0.25, -0.2) is 9.36 Å². The van der Waals surface area contributed by atoms with Gasteiger partial charge in [0, 0.05) is 0 Å². The molecule has 1 heterocycles. The molecule has 84 valence electrons. The predicted molar refractivity (Wildman–Crippen MR) is 61.5 cm³/mol. The van der Waals surface area contributed by atoms with E-state index in [1.807, 2.05) is 49.3 Å². The first-order chi connectivity index (χ1) is 7.68. The Kier molecular flexibility index (Phi) is 2.87. The molecule has 0 aliphatic carbocycles. The number of nitrogens with zero attached hydrogens (tertiary/aromatic N) is 4. The zero-order valence-corrected chi connectivity index (χ0v) is 9.37. The standard InChI is InChI=1S/C11H14N4O/c1-13(2)9-15-11(16)14(8-12-15)10-6-4-3-5-7-10/h3-8H,9H2,1-2H3. The maximum Gasteiger partial charge on any atom is 0.351 e. The van der Waals surface area contributed by atoms with Crippen molar-refractivity contribution in [3.8, 4) is 5.69 Å². The lowest BCUT2D eigenvalue weighted by atomic mass is 10.3. The second kappa shape index (κ2) is 4.32. The van der Waals surface area contributed by atoms with Crippen molar-refractivity contribution in [2.75, 3.05) is 14.1 Å². The van der Waals surface area contributed by atoms with Gasteiger partial charge < -0.3 is 0 Å². The minimum absolute atomic E-state index is 0.125. The molecular weight excluding hydrogens is 204 g/mol. The molecule has 0 fully saturated rings. The summed E-state index contributed by atoms with van der Waals surface area (Å²) in [6, 6.07) is 9.46. The monoisotopic (exact) mass is 218 g/mol. The van der Waals surface area contributed by atoms with Gasteiger partial charge in [-0.3, -0.25) is 4.90 Å². The van der Waals surface area contributed by atoms with E-state index in [1.165, 1.54) is 9.25 Å². The van der Waals surface area contributed by atoms with Crippen LogP contribution in [0.1, 0.15) is 0 Å². The van der Waals surface area contributed by atoms with Crippen LogP contribution in [-0.4, -0.2) is 33.3 Å². The summed E-state index contributed by atoms with van der Waals surface area (Å²) in [4.78, 5) is 13.8. The Labute approximate surface area is 93.5 Å². The van der Waals surface area contributed by atoms with E-state index < -0.39 is 0 Å². The van der Waals surface area contributed by atoms with E-state index in [-0.39, 0.29) is 5.69 Å². The molecule has 0 bridgehead atoms. The second-order valence-corrected chi connectivity index (χ2v) is 3.84. The van der Waals surface area contributed by atoms with Crippen molar-refractivity contribution in [2.24, 2.45) is 0 Å². The molecule has 0 radical (unpaired) electrons. The summed E-state index contributed by atoms with van der Waals surface area (Å²) in [5, 5.41) is 4.06. The first kappa shape index (κ1) is 10.6. The van der Waals surface area contributed by atoms with Gasteiger partial charge in [0.15, 0.2) is 0 Å². The number of hydrogen-bond donors (Lipinski definition) is 0. The quantitative estimate of drug-likeness (QED) is 0.755. The fraction of sp³-hybridized carbons (Fsp3) is 0.273. The lowest BCUT2D eigenvalue weighted by Gasteiger charge is -2.07. The largest absolute Gasteiger partial charge is 0.351 e. The van der Waals surface area contributed by atoms with Crippen LogP contribution in [0.3, 0.4) is 0 Å². The minimum Gasteiger partial charge on any atom is -0.290 e. The Morgan fingerprint density at radius 2 is 1.94 bits per heavy atom. The minimum atomic E-state index is -0.125. The summed E-state index contributed by atoms with van der Waals surface area (Å²) in [6.45, 7) is 0.485. The first-order valence-electron chi connectivity index (χ1n) is 5.03. The average Bonchev–Trinajstić information content (AvgIpc) is 2.61. The number of aromatic nitrogens is 3. The summed E-state index contributed by atoms with van der Waals surface area (Å²) < 4.78 is 2.95. The highest BCUT2D eigenvalue weighted by Gasteiger charge is 2.06. The highest BCUT2D eigenvalue weighted by molar-refractivity contribution is 5.30. The van der Waals surface area contributed by atoms with E-state index in [2.05, 4.69) is 5.10 Å². The summed E-state index contributed by atoms with van der Waals surface area (Å²) in [5.74, 6) is 0. The van der Waals surface area contributed by atoms with Crippen molar-refractivity contribution in [2.45, 2.75) is 6.67 Å². The average molecular weight is 218 g/mol. The lowest BCUT2D eigenvalue weighted by molar-refractivity contribution is 0.300. The molecule has 0 aliphatic rings. The molecule has 1 aromatic heterocycles. The van der Waals surface area contributed by atoms with E-state index in [0.29, 0.717) is 6.67 Å². The maximum atomic E-state index is 11.9. The van der Waals surface area contributed by atoms with Crippen LogP contribution in [-0.2, 0) is 6.67 Å². The molecule has 0 amide bonds. The van der Waals surface area contributed by atoms with E-state index in [4.69, 9.17) is 0 Å². The van der Waals surface area contributed by atoms with Gasteiger partial charge in [-0.2, -0.15) is 9.78 Å². The van der Waals surface area contributed by atoms with Crippen LogP contribution in [0.5, 0.6) is 0 Å². The lowest BCUT2D eigenvalue weighted by Crippen LogP contribution is -2.29. The third-order valence-electron chi connectivity index (χ3n) is 2.18. The first-order valence-corrected chi connectivity index (χ1v) is 5.03. The Hall–Kier alpha value is -1.88. The topological polar surface area (TPSA) is 43.1 Å². The molecule has 0 atom stereocenters. The van der Waals surface area contributed by atoms with Crippen molar-refractivity contribution >= 4 is 0 Å². The van der Waals surface area contributed by atoms with Gasteiger partial charge in [0.25, 0.3) is 0 Å². The molecule has 1 aromatic carbocycles. The van der Waals surface area contributed by atoms with Gasteiger partial charge in [-0.1, -0.05) is 18.2 Å². The van der Waals surface area contributed by atoms with E-state index in [1.54, 1.807) is 6.33 Å². The molecule has 5 heteroatoms. The highest BCUT2D eigenvalue weighted by Crippen LogP contribution is 2.02. The Morgan fingerprint density at radius 3 is 2.56 bits per heavy atom. The molecular formula is C11H14N4O. The second-order valence-electron chi connectivity index (χ2n) is 3.84. The van der Waals surface area contributed by atoms with Crippen LogP contribution in [0.25, 0.3) is 5.69 Å². The van der Waals surface area contributed by atoms with E-state index in [0.717, 1.165) is 5.69 Å². The smallest absolute Gasteiger partial charge is 0.290 e. The summed E-state index contributed by atoms with van der Waals surface area (Å²) >= 11 is 0. The van der Waals surface area contributed by atoms with Crippen LogP contribution < -0.4 is 5.69 Å². The molecule has 16 heavy (non-hydrogen) atoms. The van der Waals surface area contributed by atoms with E-state index >= 15 is 0 Å². The number of rotatable bonds is 3. The molecule has 0 unspecified atom stereocenters. The Balaban J connectivity index is 2.38. The van der Waals surface area contributed by atoms with Crippen molar-refractivity contribution < 1.29 is 0 Å². The summed E-state index contributed by atoms with van der Waals surface area (Å²) in [7, 11) is 3.79. The van der Waals surface area contributed by atoms with Crippen LogP contribution in [0.2, 0.25) is 0 Å². The van der Waals surface area contributed by atoms with Crippen molar-refractivity contribution in [3.63, 3.8) is 0 Å². The van der Waals surface area contributed by atoms with Crippen LogP contribution in [0, 0.1) is 0 Å². The molecule has 0 spiro atoms. The van der Waals surface area contributed by atoms with Crippen LogP contribution >= 0.6 is 0 Å².